The number of hydrogen-bond donors (Lipinski definition) is 3. The first-order valence-corrected chi connectivity index (χ1v) is 5.68. The van der Waals surface area contributed by atoms with E-state index < -0.39 is 16.9 Å². The second-order valence-electron chi connectivity index (χ2n) is 3.50. The normalized spacial score (nSPS) is 14.1. The van der Waals surface area contributed by atoms with Crippen LogP contribution in [0.4, 0.5) is 0 Å². The summed E-state index contributed by atoms with van der Waals surface area (Å²) in [5, 5.41) is 27.5. The quantitative estimate of drug-likeness (QED) is 0.578. The summed E-state index contributed by atoms with van der Waals surface area (Å²) in [5.41, 5.74) is 0.0268. The van der Waals surface area contributed by atoms with Gasteiger partial charge in [-0.2, -0.15) is 0 Å². The highest BCUT2D eigenvalue weighted by molar-refractivity contribution is 9.10. The average Bonchev–Trinajstić information content (AvgIpc) is 2.27. The van der Waals surface area contributed by atoms with E-state index in [1.165, 1.54) is 18.2 Å². The SMILES string of the molecule is CC(Br)C(=O)c1cc(C(O)C(=O)O)ccc1O. The molecule has 6 heteroatoms. The summed E-state index contributed by atoms with van der Waals surface area (Å²) in [5.74, 6) is -2.05. The molecule has 2 unspecified atom stereocenters. The number of halogens is 1. The third-order valence-corrected chi connectivity index (χ3v) is 2.61. The third-order valence-electron chi connectivity index (χ3n) is 2.20. The molecule has 1 aromatic carbocycles. The van der Waals surface area contributed by atoms with Crippen LogP contribution >= 0.6 is 15.9 Å². The molecule has 0 amide bonds. The van der Waals surface area contributed by atoms with Gasteiger partial charge in [-0.1, -0.05) is 22.0 Å². The molecule has 0 aliphatic rings. The molecular weight excluding hydrogens is 292 g/mol. The van der Waals surface area contributed by atoms with Crippen LogP contribution in [0.2, 0.25) is 0 Å². The van der Waals surface area contributed by atoms with Gasteiger partial charge in [0.15, 0.2) is 11.9 Å². The lowest BCUT2D eigenvalue weighted by atomic mass is 10.0. The van der Waals surface area contributed by atoms with Crippen molar-refractivity contribution in [1.82, 2.24) is 0 Å². The molecule has 0 heterocycles. The van der Waals surface area contributed by atoms with E-state index in [0.29, 0.717) is 0 Å². The number of Topliss-reactive ketones (excluding diaryl/α,β-unsaturated/α-hetero) is 1. The molecule has 5 nitrogen and oxygen atoms in total. The summed E-state index contributed by atoms with van der Waals surface area (Å²) in [6.45, 7) is 1.59. The van der Waals surface area contributed by atoms with Gasteiger partial charge in [0.1, 0.15) is 5.75 Å². The predicted octanol–water partition coefficient (Wildman–Crippen LogP) is 1.48. The summed E-state index contributed by atoms with van der Waals surface area (Å²) >= 11 is 3.06. The summed E-state index contributed by atoms with van der Waals surface area (Å²) in [6, 6.07) is 3.61. The van der Waals surface area contributed by atoms with Crippen molar-refractivity contribution >= 4 is 27.7 Å². The van der Waals surface area contributed by atoms with Crippen LogP contribution in [0.15, 0.2) is 18.2 Å². The lowest BCUT2D eigenvalue weighted by Gasteiger charge is -2.10. The predicted molar refractivity (Wildman–Crippen MR) is 63.4 cm³/mol. The molecule has 0 aliphatic carbocycles. The number of phenols is 1. The lowest BCUT2D eigenvalue weighted by molar-refractivity contribution is -0.146. The second-order valence-corrected chi connectivity index (χ2v) is 4.87. The van der Waals surface area contributed by atoms with Crippen molar-refractivity contribution in [2.75, 3.05) is 0 Å². The van der Waals surface area contributed by atoms with Crippen molar-refractivity contribution in [3.05, 3.63) is 29.3 Å². The molecule has 0 aliphatic heterocycles. The van der Waals surface area contributed by atoms with E-state index in [4.69, 9.17) is 5.11 Å². The van der Waals surface area contributed by atoms with Gasteiger partial charge in [-0.05, 0) is 24.6 Å². The number of hydrogen-bond acceptors (Lipinski definition) is 4. The van der Waals surface area contributed by atoms with Gasteiger partial charge >= 0.3 is 5.97 Å². The number of aliphatic hydroxyl groups excluding tert-OH is 1. The fourth-order valence-corrected chi connectivity index (χ4v) is 1.52. The summed E-state index contributed by atoms with van der Waals surface area (Å²) in [7, 11) is 0. The number of carboxylic acid groups (broad SMARTS) is 1. The van der Waals surface area contributed by atoms with Crippen molar-refractivity contribution < 1.29 is 24.9 Å². The Morgan fingerprint density at radius 1 is 1.35 bits per heavy atom. The van der Waals surface area contributed by atoms with Crippen molar-refractivity contribution in [3.63, 3.8) is 0 Å². The van der Waals surface area contributed by atoms with E-state index in [1.54, 1.807) is 6.92 Å². The Morgan fingerprint density at radius 2 is 1.94 bits per heavy atom. The van der Waals surface area contributed by atoms with Crippen LogP contribution in [-0.4, -0.2) is 31.9 Å². The maximum absolute atomic E-state index is 11.7. The second kappa shape index (κ2) is 5.29. The zero-order chi connectivity index (χ0) is 13.2. The highest BCUT2D eigenvalue weighted by Crippen LogP contribution is 2.25. The average molecular weight is 303 g/mol. The Balaban J connectivity index is 3.19. The first-order chi connectivity index (χ1) is 7.84. The Labute approximate surface area is 106 Å². The number of benzene rings is 1. The molecule has 2 atom stereocenters. The molecule has 0 radical (unpaired) electrons. The summed E-state index contributed by atoms with van der Waals surface area (Å²) in [4.78, 5) is 21.8. The molecular formula is C11H11BrO5. The zero-order valence-corrected chi connectivity index (χ0v) is 10.5. The molecule has 3 N–H and O–H groups in total. The molecule has 0 saturated carbocycles. The molecule has 0 bridgehead atoms. The van der Waals surface area contributed by atoms with Gasteiger partial charge in [0.05, 0.1) is 10.4 Å². The van der Waals surface area contributed by atoms with Crippen molar-refractivity contribution in [2.24, 2.45) is 0 Å². The minimum Gasteiger partial charge on any atom is -0.507 e. The Hall–Kier alpha value is -1.40. The van der Waals surface area contributed by atoms with Crippen molar-refractivity contribution in [1.29, 1.82) is 0 Å². The van der Waals surface area contributed by atoms with Gasteiger partial charge in [0.25, 0.3) is 0 Å². The molecule has 0 saturated heterocycles. The molecule has 0 fully saturated rings. The van der Waals surface area contributed by atoms with E-state index in [1.807, 2.05) is 0 Å². The number of carboxylic acids is 1. The monoisotopic (exact) mass is 302 g/mol. The minimum atomic E-state index is -1.72. The van der Waals surface area contributed by atoms with Crippen LogP contribution in [0.3, 0.4) is 0 Å². The van der Waals surface area contributed by atoms with Crippen molar-refractivity contribution in [2.45, 2.75) is 17.9 Å². The van der Waals surface area contributed by atoms with Crippen LogP contribution in [0.25, 0.3) is 0 Å². The first kappa shape index (κ1) is 13.7. The van der Waals surface area contributed by atoms with Gasteiger partial charge in [-0.15, -0.1) is 0 Å². The maximum atomic E-state index is 11.7. The molecule has 1 rings (SSSR count). The van der Waals surface area contributed by atoms with Crippen LogP contribution in [-0.2, 0) is 4.79 Å². The molecule has 92 valence electrons. The molecule has 17 heavy (non-hydrogen) atoms. The number of phenolic OH excluding ortho intramolecular Hbond substituents is 1. The van der Waals surface area contributed by atoms with Crippen LogP contribution in [0.1, 0.15) is 28.9 Å². The number of ketones is 1. The van der Waals surface area contributed by atoms with E-state index >= 15 is 0 Å². The van der Waals surface area contributed by atoms with Gasteiger partial charge in [0.2, 0.25) is 0 Å². The van der Waals surface area contributed by atoms with Gasteiger partial charge in [0, 0.05) is 0 Å². The molecule has 0 spiro atoms. The van der Waals surface area contributed by atoms with Gasteiger partial charge in [-0.3, -0.25) is 4.79 Å². The highest BCUT2D eigenvalue weighted by atomic mass is 79.9. The maximum Gasteiger partial charge on any atom is 0.337 e. The topological polar surface area (TPSA) is 94.8 Å². The number of aliphatic hydroxyl groups is 1. The smallest absolute Gasteiger partial charge is 0.337 e. The van der Waals surface area contributed by atoms with Crippen LogP contribution in [0, 0.1) is 0 Å². The third kappa shape index (κ3) is 3.04. The number of aromatic hydroxyl groups is 1. The van der Waals surface area contributed by atoms with E-state index in [9.17, 15) is 19.8 Å². The molecule has 1 aromatic rings. The Kier molecular flexibility index (Phi) is 4.25. The highest BCUT2D eigenvalue weighted by Gasteiger charge is 2.21. The fourth-order valence-electron chi connectivity index (χ4n) is 1.28. The minimum absolute atomic E-state index is 0.0211. The molecule has 0 aromatic heterocycles. The zero-order valence-electron chi connectivity index (χ0n) is 8.92. The number of aliphatic carboxylic acids is 1. The standard InChI is InChI=1S/C11H11BrO5/c1-5(12)9(14)7-4-6(2-3-8(7)13)10(15)11(16)17/h2-5,10,13,15H,1H3,(H,16,17). The lowest BCUT2D eigenvalue weighted by Crippen LogP contribution is -2.14. The van der Waals surface area contributed by atoms with Gasteiger partial charge < -0.3 is 15.3 Å². The Bertz CT molecular complexity index is 455. The van der Waals surface area contributed by atoms with Crippen LogP contribution in [0.5, 0.6) is 5.75 Å². The van der Waals surface area contributed by atoms with Crippen LogP contribution < -0.4 is 0 Å². The van der Waals surface area contributed by atoms with Gasteiger partial charge in [-0.25, -0.2) is 4.79 Å². The number of rotatable bonds is 4. The number of alkyl halides is 1. The largest absolute Gasteiger partial charge is 0.507 e. The van der Waals surface area contributed by atoms with Crippen molar-refractivity contribution in [3.8, 4) is 5.75 Å². The van der Waals surface area contributed by atoms with E-state index in [0.717, 1.165) is 0 Å². The Morgan fingerprint density at radius 3 is 2.41 bits per heavy atom. The fraction of sp³-hybridized carbons (Fsp3) is 0.273. The summed E-state index contributed by atoms with van der Waals surface area (Å²) < 4.78 is 0. The van der Waals surface area contributed by atoms with E-state index in [2.05, 4.69) is 15.9 Å². The number of carbonyl (C=O) groups is 2. The summed E-state index contributed by atoms with van der Waals surface area (Å²) in [6.07, 6.45) is -1.72. The van der Waals surface area contributed by atoms with E-state index in [-0.39, 0.29) is 22.7 Å². The first-order valence-electron chi connectivity index (χ1n) is 4.76. The number of carbonyl (C=O) groups excluding carboxylic acids is 1.